The van der Waals surface area contributed by atoms with Crippen LogP contribution in [0.3, 0.4) is 0 Å². The van der Waals surface area contributed by atoms with E-state index in [0.29, 0.717) is 18.8 Å². The third kappa shape index (κ3) is 3.91. The number of aromatic amines is 1. The Morgan fingerprint density at radius 2 is 1.97 bits per heavy atom. The van der Waals surface area contributed by atoms with Crippen LogP contribution in [0.15, 0.2) is 53.3 Å². The lowest BCUT2D eigenvalue weighted by atomic mass is 10.0. The van der Waals surface area contributed by atoms with Crippen molar-refractivity contribution in [3.63, 3.8) is 0 Å². The average molecular weight is 395 g/mol. The van der Waals surface area contributed by atoms with E-state index < -0.39 is 6.10 Å². The molecule has 2 N–H and O–H groups in total. The molecule has 4 rings (SSSR count). The molecule has 2 heterocycles. The van der Waals surface area contributed by atoms with Crippen molar-refractivity contribution in [1.82, 2.24) is 14.5 Å². The SMILES string of the molecule is CC(Oc1cccc(CO)c1)C(=O)N1CCC(n2c(=O)[nH]c3ccccc32)CC1. The van der Waals surface area contributed by atoms with Gasteiger partial charge >= 0.3 is 5.69 Å². The average Bonchev–Trinajstić information content (AvgIpc) is 3.09. The summed E-state index contributed by atoms with van der Waals surface area (Å²) in [6, 6.07) is 14.9. The molecule has 1 fully saturated rings. The van der Waals surface area contributed by atoms with Crippen molar-refractivity contribution >= 4 is 16.9 Å². The summed E-state index contributed by atoms with van der Waals surface area (Å²) in [5.41, 5.74) is 2.38. The fraction of sp³-hybridized carbons (Fsp3) is 0.364. The third-order valence-corrected chi connectivity index (χ3v) is 5.51. The summed E-state index contributed by atoms with van der Waals surface area (Å²) in [5, 5.41) is 9.24. The number of nitrogens with one attached hydrogen (secondary N) is 1. The van der Waals surface area contributed by atoms with Crippen LogP contribution < -0.4 is 10.4 Å². The fourth-order valence-electron chi connectivity index (χ4n) is 4.01. The number of ether oxygens (including phenoxy) is 1. The van der Waals surface area contributed by atoms with Gasteiger partial charge in [-0.1, -0.05) is 24.3 Å². The molecule has 3 aromatic rings. The zero-order chi connectivity index (χ0) is 20.4. The molecule has 1 unspecified atom stereocenters. The van der Waals surface area contributed by atoms with E-state index in [1.807, 2.05) is 28.8 Å². The molecule has 0 spiro atoms. The van der Waals surface area contributed by atoms with Crippen LogP contribution in [0.25, 0.3) is 11.0 Å². The largest absolute Gasteiger partial charge is 0.481 e. The summed E-state index contributed by atoms with van der Waals surface area (Å²) in [6.07, 6.45) is 0.830. The Morgan fingerprint density at radius 3 is 2.72 bits per heavy atom. The lowest BCUT2D eigenvalue weighted by Gasteiger charge is -2.34. The van der Waals surface area contributed by atoms with Gasteiger partial charge in [0, 0.05) is 19.1 Å². The molecular formula is C22H25N3O4. The van der Waals surface area contributed by atoms with Gasteiger partial charge in [-0.2, -0.15) is 0 Å². The minimum atomic E-state index is -0.615. The molecule has 0 bridgehead atoms. The number of hydrogen-bond donors (Lipinski definition) is 2. The molecule has 1 amide bonds. The van der Waals surface area contributed by atoms with Crippen molar-refractivity contribution in [2.45, 2.75) is 38.5 Å². The van der Waals surface area contributed by atoms with E-state index >= 15 is 0 Å². The molecule has 1 aliphatic heterocycles. The molecule has 1 saturated heterocycles. The molecule has 1 aromatic heterocycles. The van der Waals surface area contributed by atoms with E-state index in [4.69, 9.17) is 4.74 Å². The van der Waals surface area contributed by atoms with E-state index in [9.17, 15) is 14.7 Å². The van der Waals surface area contributed by atoms with Gasteiger partial charge in [-0.05, 0) is 49.6 Å². The lowest BCUT2D eigenvalue weighted by molar-refractivity contribution is -0.139. The maximum Gasteiger partial charge on any atom is 0.326 e. The van der Waals surface area contributed by atoms with Gasteiger partial charge in [0.2, 0.25) is 0 Å². The predicted molar refractivity (Wildman–Crippen MR) is 110 cm³/mol. The number of nitrogens with zero attached hydrogens (tertiary/aromatic N) is 2. The summed E-state index contributed by atoms with van der Waals surface area (Å²) >= 11 is 0. The maximum absolute atomic E-state index is 12.8. The molecule has 29 heavy (non-hydrogen) atoms. The van der Waals surface area contributed by atoms with Gasteiger partial charge in [-0.15, -0.1) is 0 Å². The van der Waals surface area contributed by atoms with Crippen molar-refractivity contribution in [3.05, 3.63) is 64.6 Å². The highest BCUT2D eigenvalue weighted by Crippen LogP contribution is 2.25. The van der Waals surface area contributed by atoms with Crippen molar-refractivity contribution in [2.24, 2.45) is 0 Å². The highest BCUT2D eigenvalue weighted by Gasteiger charge is 2.29. The van der Waals surface area contributed by atoms with Crippen LogP contribution in [0.4, 0.5) is 0 Å². The number of aliphatic hydroxyl groups excluding tert-OH is 1. The monoisotopic (exact) mass is 395 g/mol. The summed E-state index contributed by atoms with van der Waals surface area (Å²) in [7, 11) is 0. The summed E-state index contributed by atoms with van der Waals surface area (Å²) < 4.78 is 7.60. The zero-order valence-electron chi connectivity index (χ0n) is 16.4. The van der Waals surface area contributed by atoms with Crippen LogP contribution in [0.2, 0.25) is 0 Å². The zero-order valence-corrected chi connectivity index (χ0v) is 16.4. The number of hydrogen-bond acceptors (Lipinski definition) is 4. The van der Waals surface area contributed by atoms with Crippen LogP contribution >= 0.6 is 0 Å². The molecule has 2 aromatic carbocycles. The van der Waals surface area contributed by atoms with Crippen LogP contribution in [-0.4, -0.2) is 44.7 Å². The second-order valence-electron chi connectivity index (χ2n) is 7.44. The summed E-state index contributed by atoms with van der Waals surface area (Å²) in [5.74, 6) is 0.502. The number of carbonyl (C=O) groups is 1. The second kappa shape index (κ2) is 8.13. The Hall–Kier alpha value is -3.06. The first-order valence-corrected chi connectivity index (χ1v) is 9.91. The second-order valence-corrected chi connectivity index (χ2v) is 7.44. The number of imidazole rings is 1. The van der Waals surface area contributed by atoms with Crippen LogP contribution in [0, 0.1) is 0 Å². The number of para-hydroxylation sites is 2. The number of H-pyrrole nitrogens is 1. The molecule has 1 aliphatic rings. The smallest absolute Gasteiger partial charge is 0.326 e. The summed E-state index contributed by atoms with van der Waals surface area (Å²) in [6.45, 7) is 2.84. The van der Waals surface area contributed by atoms with E-state index in [1.165, 1.54) is 0 Å². The molecule has 7 heteroatoms. The molecule has 152 valence electrons. The first-order valence-electron chi connectivity index (χ1n) is 9.91. The highest BCUT2D eigenvalue weighted by atomic mass is 16.5. The normalized spacial score (nSPS) is 16.1. The number of benzene rings is 2. The molecule has 1 atom stereocenters. The minimum Gasteiger partial charge on any atom is -0.481 e. The molecular weight excluding hydrogens is 370 g/mol. The van der Waals surface area contributed by atoms with Gasteiger partial charge < -0.3 is 19.7 Å². The van der Waals surface area contributed by atoms with Crippen LogP contribution in [0.1, 0.15) is 31.4 Å². The van der Waals surface area contributed by atoms with Crippen molar-refractivity contribution in [2.75, 3.05) is 13.1 Å². The Balaban J connectivity index is 1.40. The van der Waals surface area contributed by atoms with Crippen LogP contribution in [-0.2, 0) is 11.4 Å². The number of fused-ring (bicyclic) bond motifs is 1. The van der Waals surface area contributed by atoms with Crippen molar-refractivity contribution < 1.29 is 14.6 Å². The Morgan fingerprint density at radius 1 is 1.21 bits per heavy atom. The van der Waals surface area contributed by atoms with E-state index in [0.717, 1.165) is 29.4 Å². The van der Waals surface area contributed by atoms with E-state index in [2.05, 4.69) is 4.98 Å². The predicted octanol–water partition coefficient (Wildman–Crippen LogP) is 2.45. The first kappa shape index (κ1) is 19.3. The molecule has 0 radical (unpaired) electrons. The van der Waals surface area contributed by atoms with Crippen molar-refractivity contribution in [3.8, 4) is 5.75 Å². The van der Waals surface area contributed by atoms with Crippen molar-refractivity contribution in [1.29, 1.82) is 0 Å². The number of carbonyl (C=O) groups excluding carboxylic acids is 1. The maximum atomic E-state index is 12.8. The van der Waals surface area contributed by atoms with Gasteiger partial charge in [-0.25, -0.2) is 4.79 Å². The fourth-order valence-corrected chi connectivity index (χ4v) is 4.01. The Bertz CT molecular complexity index is 1060. The number of rotatable bonds is 5. The van der Waals surface area contributed by atoms with E-state index in [-0.39, 0.29) is 24.2 Å². The van der Waals surface area contributed by atoms with Crippen LogP contribution in [0.5, 0.6) is 5.75 Å². The van der Waals surface area contributed by atoms with Gasteiger partial charge in [-0.3, -0.25) is 9.36 Å². The quantitative estimate of drug-likeness (QED) is 0.695. The van der Waals surface area contributed by atoms with Gasteiger partial charge in [0.15, 0.2) is 6.10 Å². The van der Waals surface area contributed by atoms with Gasteiger partial charge in [0.25, 0.3) is 5.91 Å². The molecule has 0 aliphatic carbocycles. The summed E-state index contributed by atoms with van der Waals surface area (Å²) in [4.78, 5) is 29.9. The van der Waals surface area contributed by atoms with E-state index in [1.54, 1.807) is 36.1 Å². The number of aromatic nitrogens is 2. The molecule has 0 saturated carbocycles. The minimum absolute atomic E-state index is 0.0656. The number of likely N-dealkylation sites (tertiary alicyclic amines) is 1. The Labute approximate surface area is 168 Å². The van der Waals surface area contributed by atoms with Gasteiger partial charge in [0.1, 0.15) is 5.75 Å². The first-order chi connectivity index (χ1) is 14.1. The molecule has 7 nitrogen and oxygen atoms in total. The third-order valence-electron chi connectivity index (χ3n) is 5.51. The van der Waals surface area contributed by atoms with Gasteiger partial charge in [0.05, 0.1) is 17.6 Å². The Kier molecular flexibility index (Phi) is 5.40. The highest BCUT2D eigenvalue weighted by molar-refractivity contribution is 5.81. The number of amides is 1. The number of piperidine rings is 1. The lowest BCUT2D eigenvalue weighted by Crippen LogP contribution is -2.45. The number of aliphatic hydroxyl groups is 1. The standard InChI is InChI=1S/C22H25N3O4/c1-15(29-18-6-4-5-16(13-18)14-26)21(27)24-11-9-17(10-12-24)25-20-8-3-2-7-19(20)23-22(25)28/h2-8,13,15,17,26H,9-12,14H2,1H3,(H,23,28). The topological polar surface area (TPSA) is 87.6 Å².